The highest BCUT2D eigenvalue weighted by Crippen LogP contribution is 2.23. The summed E-state index contributed by atoms with van der Waals surface area (Å²) in [5, 5.41) is 10.8. The second-order valence-electron chi connectivity index (χ2n) is 6.39. The van der Waals surface area contributed by atoms with Gasteiger partial charge in [0, 0.05) is 12.1 Å². The van der Waals surface area contributed by atoms with Crippen molar-refractivity contribution in [3.8, 4) is 0 Å². The van der Waals surface area contributed by atoms with E-state index in [4.69, 9.17) is 11.1 Å². The van der Waals surface area contributed by atoms with Crippen molar-refractivity contribution >= 4 is 39.0 Å². The summed E-state index contributed by atoms with van der Waals surface area (Å²) in [5.41, 5.74) is 6.88. The number of carbonyl (C=O) groups excluding carboxylic acids is 2. The fraction of sp³-hybridized carbons (Fsp3) is 0.474. The van der Waals surface area contributed by atoms with Gasteiger partial charge in [-0.2, -0.15) is 0 Å². The van der Waals surface area contributed by atoms with Gasteiger partial charge in [0.2, 0.25) is 11.7 Å². The summed E-state index contributed by atoms with van der Waals surface area (Å²) in [7, 11) is 0. The maximum absolute atomic E-state index is 12.9. The van der Waals surface area contributed by atoms with Crippen LogP contribution < -0.4 is 11.1 Å². The maximum atomic E-state index is 12.9. The molecule has 0 radical (unpaired) electrons. The van der Waals surface area contributed by atoms with Crippen LogP contribution in [0.4, 0.5) is 0 Å². The zero-order valence-electron chi connectivity index (χ0n) is 15.1. The van der Waals surface area contributed by atoms with Crippen molar-refractivity contribution < 1.29 is 9.59 Å². The Morgan fingerprint density at radius 2 is 2.00 bits per heavy atom. The van der Waals surface area contributed by atoms with Gasteiger partial charge in [-0.25, -0.2) is 4.98 Å². The predicted molar refractivity (Wildman–Crippen MR) is 106 cm³/mol. The standard InChI is InChI=1S/C19H26N4O2S/c1-13(21)7-2-3-9-15(22-17(24)11-6-12-20)18(25)19-23-14-8-4-5-10-16(14)26-19/h4-5,8,10,15,21H,2-3,6-7,9,11-12,20H2,1H3,(H,22,24)/t15-/m0/s1. The van der Waals surface area contributed by atoms with E-state index < -0.39 is 6.04 Å². The van der Waals surface area contributed by atoms with Crippen molar-refractivity contribution in [2.45, 2.75) is 51.5 Å². The van der Waals surface area contributed by atoms with Gasteiger partial charge in [0.1, 0.15) is 0 Å². The summed E-state index contributed by atoms with van der Waals surface area (Å²) in [4.78, 5) is 29.4. The number of Topliss-reactive ketones (excluding diaryl/α,β-unsaturated/α-hetero) is 1. The number of carbonyl (C=O) groups is 2. The highest BCUT2D eigenvalue weighted by atomic mass is 32.1. The lowest BCUT2D eigenvalue weighted by molar-refractivity contribution is -0.121. The Morgan fingerprint density at radius 3 is 2.69 bits per heavy atom. The third kappa shape index (κ3) is 6.00. The van der Waals surface area contributed by atoms with E-state index in [1.54, 1.807) is 6.92 Å². The van der Waals surface area contributed by atoms with Gasteiger partial charge in [-0.15, -0.1) is 11.3 Å². The molecule has 1 heterocycles. The molecule has 0 saturated heterocycles. The lowest BCUT2D eigenvalue weighted by atomic mass is 10.0. The second kappa shape index (κ2) is 10.1. The molecular weight excluding hydrogens is 348 g/mol. The van der Waals surface area contributed by atoms with Crippen molar-refractivity contribution in [1.82, 2.24) is 10.3 Å². The van der Waals surface area contributed by atoms with Crippen LogP contribution >= 0.6 is 11.3 Å². The minimum atomic E-state index is -0.577. The molecule has 0 fully saturated rings. The zero-order chi connectivity index (χ0) is 18.9. The summed E-state index contributed by atoms with van der Waals surface area (Å²) in [6.45, 7) is 2.22. The molecule has 2 aromatic rings. The van der Waals surface area contributed by atoms with Gasteiger partial charge in [0.05, 0.1) is 16.3 Å². The molecule has 0 spiro atoms. The Balaban J connectivity index is 2.07. The van der Waals surface area contributed by atoms with Crippen LogP contribution in [-0.4, -0.2) is 35.0 Å². The molecule has 140 valence electrons. The number of ketones is 1. The molecular formula is C19H26N4O2S. The van der Waals surface area contributed by atoms with E-state index in [1.807, 2.05) is 24.3 Å². The van der Waals surface area contributed by atoms with Gasteiger partial charge < -0.3 is 16.5 Å². The summed E-state index contributed by atoms with van der Waals surface area (Å²) in [6.07, 6.45) is 3.78. The molecule has 0 aliphatic rings. The van der Waals surface area contributed by atoms with E-state index in [2.05, 4.69) is 10.3 Å². The van der Waals surface area contributed by atoms with Crippen LogP contribution in [-0.2, 0) is 4.79 Å². The predicted octanol–water partition coefficient (Wildman–Crippen LogP) is 3.30. The van der Waals surface area contributed by atoms with Crippen LogP contribution in [0.25, 0.3) is 10.2 Å². The lowest BCUT2D eigenvalue weighted by Gasteiger charge is -2.16. The van der Waals surface area contributed by atoms with Gasteiger partial charge in [-0.1, -0.05) is 18.6 Å². The van der Waals surface area contributed by atoms with Crippen LogP contribution in [0.2, 0.25) is 0 Å². The zero-order valence-corrected chi connectivity index (χ0v) is 15.9. The fourth-order valence-corrected chi connectivity index (χ4v) is 3.62. The highest BCUT2D eigenvalue weighted by molar-refractivity contribution is 7.20. The molecule has 6 nitrogen and oxygen atoms in total. The molecule has 1 atom stereocenters. The van der Waals surface area contributed by atoms with E-state index in [1.165, 1.54) is 11.3 Å². The fourth-order valence-electron chi connectivity index (χ4n) is 2.66. The number of amides is 1. The van der Waals surface area contributed by atoms with Crippen LogP contribution in [0, 0.1) is 5.41 Å². The molecule has 0 aliphatic heterocycles. The van der Waals surface area contributed by atoms with Crippen LogP contribution in [0.3, 0.4) is 0 Å². The van der Waals surface area contributed by atoms with E-state index >= 15 is 0 Å². The smallest absolute Gasteiger partial charge is 0.220 e. The van der Waals surface area contributed by atoms with Crippen LogP contribution in [0.15, 0.2) is 24.3 Å². The average molecular weight is 375 g/mol. The molecule has 1 amide bonds. The number of nitrogens with zero attached hydrogens (tertiary/aromatic N) is 1. The molecule has 7 heteroatoms. The number of unbranched alkanes of at least 4 members (excludes halogenated alkanes) is 1. The van der Waals surface area contributed by atoms with Gasteiger partial charge in [0.15, 0.2) is 5.01 Å². The minimum Gasteiger partial charge on any atom is -0.346 e. The number of thiazole rings is 1. The first-order chi connectivity index (χ1) is 12.5. The molecule has 2 rings (SSSR count). The first kappa shape index (κ1) is 20.2. The van der Waals surface area contributed by atoms with Crippen molar-refractivity contribution in [2.24, 2.45) is 5.73 Å². The molecule has 0 aliphatic carbocycles. The van der Waals surface area contributed by atoms with Crippen LogP contribution in [0.1, 0.15) is 55.3 Å². The van der Waals surface area contributed by atoms with Crippen molar-refractivity contribution in [1.29, 1.82) is 5.41 Å². The molecule has 4 N–H and O–H groups in total. The largest absolute Gasteiger partial charge is 0.346 e. The number of nitrogens with two attached hydrogens (primary N) is 1. The minimum absolute atomic E-state index is 0.140. The topological polar surface area (TPSA) is 109 Å². The molecule has 1 aromatic carbocycles. The Morgan fingerprint density at radius 1 is 1.23 bits per heavy atom. The molecule has 0 saturated carbocycles. The van der Waals surface area contributed by atoms with Crippen molar-refractivity contribution in [2.75, 3.05) is 6.54 Å². The number of hydrogen-bond donors (Lipinski definition) is 3. The third-order valence-corrected chi connectivity index (χ3v) is 5.11. The van der Waals surface area contributed by atoms with Gasteiger partial charge >= 0.3 is 0 Å². The summed E-state index contributed by atoms with van der Waals surface area (Å²) < 4.78 is 0.962. The highest BCUT2D eigenvalue weighted by Gasteiger charge is 2.24. The third-order valence-electron chi connectivity index (χ3n) is 4.06. The van der Waals surface area contributed by atoms with Gasteiger partial charge in [-0.05, 0) is 51.3 Å². The SMILES string of the molecule is CC(=N)CCCC[C@H](NC(=O)CCCN)C(=O)c1nc2ccccc2s1. The average Bonchev–Trinajstić information content (AvgIpc) is 3.05. The number of nitrogens with one attached hydrogen (secondary N) is 2. The number of para-hydroxylation sites is 1. The van der Waals surface area contributed by atoms with Gasteiger partial charge in [-0.3, -0.25) is 9.59 Å². The monoisotopic (exact) mass is 374 g/mol. The quantitative estimate of drug-likeness (QED) is 0.318. The van der Waals surface area contributed by atoms with Crippen molar-refractivity contribution in [3.05, 3.63) is 29.3 Å². The van der Waals surface area contributed by atoms with E-state index in [0.717, 1.165) is 23.1 Å². The number of hydrogen-bond acceptors (Lipinski definition) is 6. The molecule has 0 bridgehead atoms. The summed E-state index contributed by atoms with van der Waals surface area (Å²) >= 11 is 1.36. The van der Waals surface area contributed by atoms with E-state index in [9.17, 15) is 9.59 Å². The number of benzene rings is 1. The van der Waals surface area contributed by atoms with E-state index in [-0.39, 0.29) is 11.7 Å². The number of aromatic nitrogens is 1. The molecule has 26 heavy (non-hydrogen) atoms. The Kier molecular flexibility index (Phi) is 7.87. The number of fused-ring (bicyclic) bond motifs is 1. The number of rotatable bonds is 11. The second-order valence-corrected chi connectivity index (χ2v) is 7.42. The first-order valence-electron chi connectivity index (χ1n) is 8.94. The normalized spacial score (nSPS) is 12.1. The summed E-state index contributed by atoms with van der Waals surface area (Å²) in [5.74, 6) is -0.294. The Labute approximate surface area is 157 Å². The Bertz CT molecular complexity index is 739. The molecule has 0 unspecified atom stereocenters. The van der Waals surface area contributed by atoms with Crippen LogP contribution in [0.5, 0.6) is 0 Å². The Hall–Kier alpha value is -2.12. The lowest BCUT2D eigenvalue weighted by Crippen LogP contribution is -2.41. The first-order valence-corrected chi connectivity index (χ1v) is 9.76. The van der Waals surface area contributed by atoms with E-state index in [0.29, 0.717) is 42.9 Å². The van der Waals surface area contributed by atoms with Crippen molar-refractivity contribution in [3.63, 3.8) is 0 Å². The molecule has 1 aromatic heterocycles. The maximum Gasteiger partial charge on any atom is 0.220 e. The summed E-state index contributed by atoms with van der Waals surface area (Å²) in [6, 6.07) is 7.05. The van der Waals surface area contributed by atoms with Gasteiger partial charge in [0.25, 0.3) is 0 Å².